The van der Waals surface area contributed by atoms with Gasteiger partial charge in [-0.05, 0) is 30.3 Å². The van der Waals surface area contributed by atoms with E-state index in [1.807, 2.05) is 24.3 Å². The van der Waals surface area contributed by atoms with Crippen LogP contribution in [-0.2, 0) is 11.2 Å². The van der Waals surface area contributed by atoms with Crippen molar-refractivity contribution >= 4 is 34.8 Å². The lowest BCUT2D eigenvalue weighted by molar-refractivity contribution is -0.116. The highest BCUT2D eigenvalue weighted by atomic mass is 35.5. The molecule has 0 aliphatic heterocycles. The molecule has 3 aromatic rings. The van der Waals surface area contributed by atoms with E-state index >= 15 is 0 Å². The van der Waals surface area contributed by atoms with Crippen molar-refractivity contribution in [2.45, 2.75) is 12.8 Å². The smallest absolute Gasteiger partial charge is 0.251 e. The lowest BCUT2D eigenvalue weighted by Gasteiger charge is -2.05. The highest BCUT2D eigenvalue weighted by molar-refractivity contribution is 6.42. The Kier molecular flexibility index (Phi) is 5.75. The molecule has 2 aromatic carbocycles. The van der Waals surface area contributed by atoms with Crippen LogP contribution >= 0.6 is 23.2 Å². The standard InChI is InChI=1S/C18H15Cl2N3O3/c1-25-15-5-3-2-4-12(15)18-23-22-17(26-18)9-8-16(24)21-11-6-7-13(19)14(20)10-11/h2-7,10H,8-9H2,1H3,(H,21,24). The van der Waals surface area contributed by atoms with E-state index in [2.05, 4.69) is 15.5 Å². The summed E-state index contributed by atoms with van der Waals surface area (Å²) in [6.45, 7) is 0. The lowest BCUT2D eigenvalue weighted by Crippen LogP contribution is -2.12. The number of para-hydroxylation sites is 1. The molecule has 134 valence electrons. The summed E-state index contributed by atoms with van der Waals surface area (Å²) in [7, 11) is 1.57. The fraction of sp³-hybridized carbons (Fsp3) is 0.167. The Balaban J connectivity index is 1.61. The minimum atomic E-state index is -0.194. The van der Waals surface area contributed by atoms with Crippen molar-refractivity contribution in [1.82, 2.24) is 10.2 Å². The Labute approximate surface area is 160 Å². The molecular formula is C18H15Cl2N3O3. The number of halogens is 2. The second kappa shape index (κ2) is 8.21. The average molecular weight is 392 g/mol. The quantitative estimate of drug-likeness (QED) is 0.662. The van der Waals surface area contributed by atoms with Gasteiger partial charge >= 0.3 is 0 Å². The molecular weight excluding hydrogens is 377 g/mol. The maximum atomic E-state index is 12.1. The Morgan fingerprint density at radius 2 is 1.96 bits per heavy atom. The average Bonchev–Trinajstić information content (AvgIpc) is 3.12. The molecule has 0 atom stereocenters. The van der Waals surface area contributed by atoms with Gasteiger partial charge in [0.25, 0.3) is 5.89 Å². The van der Waals surface area contributed by atoms with Crippen molar-refractivity contribution in [3.05, 3.63) is 58.4 Å². The summed E-state index contributed by atoms with van der Waals surface area (Å²) in [5.74, 6) is 1.16. The summed E-state index contributed by atoms with van der Waals surface area (Å²) in [5.41, 5.74) is 1.28. The minimum absolute atomic E-state index is 0.188. The van der Waals surface area contributed by atoms with E-state index < -0.39 is 0 Å². The largest absolute Gasteiger partial charge is 0.496 e. The molecule has 1 aromatic heterocycles. The van der Waals surface area contributed by atoms with Gasteiger partial charge in [0.2, 0.25) is 11.8 Å². The molecule has 26 heavy (non-hydrogen) atoms. The molecule has 0 aliphatic rings. The summed E-state index contributed by atoms with van der Waals surface area (Å²) >= 11 is 11.8. The molecule has 3 rings (SSSR count). The van der Waals surface area contributed by atoms with Gasteiger partial charge in [0.15, 0.2) is 0 Å². The lowest BCUT2D eigenvalue weighted by atomic mass is 10.2. The van der Waals surface area contributed by atoms with Crippen LogP contribution in [0, 0.1) is 0 Å². The first-order chi connectivity index (χ1) is 12.6. The van der Waals surface area contributed by atoms with E-state index in [0.717, 1.165) is 0 Å². The van der Waals surface area contributed by atoms with Gasteiger partial charge in [-0.15, -0.1) is 10.2 Å². The van der Waals surface area contributed by atoms with Crippen LogP contribution in [0.5, 0.6) is 5.75 Å². The van der Waals surface area contributed by atoms with Crippen LogP contribution < -0.4 is 10.1 Å². The Hall–Kier alpha value is -2.57. The summed E-state index contributed by atoms with van der Waals surface area (Å²) < 4.78 is 10.9. The van der Waals surface area contributed by atoms with Crippen LogP contribution in [0.15, 0.2) is 46.9 Å². The second-order valence-corrected chi connectivity index (χ2v) is 6.19. The number of anilines is 1. The maximum Gasteiger partial charge on any atom is 0.251 e. The van der Waals surface area contributed by atoms with Crippen LogP contribution in [0.2, 0.25) is 10.0 Å². The van der Waals surface area contributed by atoms with E-state index in [9.17, 15) is 4.79 Å². The van der Waals surface area contributed by atoms with Gasteiger partial charge in [0.1, 0.15) is 5.75 Å². The molecule has 1 amide bonds. The van der Waals surface area contributed by atoms with Gasteiger partial charge in [-0.2, -0.15) is 0 Å². The second-order valence-electron chi connectivity index (χ2n) is 5.38. The zero-order valence-electron chi connectivity index (χ0n) is 13.8. The third-order valence-corrected chi connectivity index (χ3v) is 4.31. The molecule has 0 unspecified atom stereocenters. The predicted octanol–water partition coefficient (Wildman–Crippen LogP) is 4.62. The van der Waals surface area contributed by atoms with Crippen LogP contribution in [0.3, 0.4) is 0 Å². The topological polar surface area (TPSA) is 77.2 Å². The Morgan fingerprint density at radius 1 is 1.15 bits per heavy atom. The number of nitrogens with zero attached hydrogens (tertiary/aromatic N) is 2. The number of hydrogen-bond donors (Lipinski definition) is 1. The number of benzene rings is 2. The first-order valence-corrected chi connectivity index (χ1v) is 8.53. The predicted molar refractivity (Wildman–Crippen MR) is 99.7 cm³/mol. The van der Waals surface area contributed by atoms with Crippen molar-refractivity contribution < 1.29 is 13.9 Å². The van der Waals surface area contributed by atoms with Gasteiger partial charge in [0.05, 0.1) is 22.7 Å². The number of rotatable bonds is 6. The fourth-order valence-corrected chi connectivity index (χ4v) is 2.60. The maximum absolute atomic E-state index is 12.1. The minimum Gasteiger partial charge on any atom is -0.496 e. The highest BCUT2D eigenvalue weighted by Gasteiger charge is 2.14. The summed E-state index contributed by atoms with van der Waals surface area (Å²) in [4.78, 5) is 12.1. The van der Waals surface area contributed by atoms with E-state index in [0.29, 0.717) is 45.2 Å². The third-order valence-electron chi connectivity index (χ3n) is 3.57. The number of amides is 1. The van der Waals surface area contributed by atoms with Crippen molar-refractivity contribution in [3.8, 4) is 17.2 Å². The summed E-state index contributed by atoms with van der Waals surface area (Å²) in [5, 5.41) is 11.6. The number of carbonyl (C=O) groups excluding carboxylic acids is 1. The summed E-state index contributed by atoms with van der Waals surface area (Å²) in [6.07, 6.45) is 0.503. The first-order valence-electron chi connectivity index (χ1n) is 7.77. The van der Waals surface area contributed by atoms with Gasteiger partial charge in [-0.3, -0.25) is 4.79 Å². The monoisotopic (exact) mass is 391 g/mol. The molecule has 8 heteroatoms. The van der Waals surface area contributed by atoms with E-state index in [1.165, 1.54) is 0 Å². The summed E-state index contributed by atoms with van der Waals surface area (Å²) in [6, 6.07) is 12.2. The molecule has 0 spiro atoms. The number of aromatic nitrogens is 2. The molecule has 0 saturated heterocycles. The number of hydrogen-bond acceptors (Lipinski definition) is 5. The molecule has 0 saturated carbocycles. The number of ether oxygens (including phenoxy) is 1. The van der Waals surface area contributed by atoms with Crippen molar-refractivity contribution in [2.24, 2.45) is 0 Å². The molecule has 1 heterocycles. The molecule has 0 aliphatic carbocycles. The highest BCUT2D eigenvalue weighted by Crippen LogP contribution is 2.28. The van der Waals surface area contributed by atoms with Gasteiger partial charge in [0, 0.05) is 18.5 Å². The first kappa shape index (κ1) is 18.2. The van der Waals surface area contributed by atoms with Crippen LogP contribution in [0.25, 0.3) is 11.5 Å². The van der Waals surface area contributed by atoms with E-state index in [1.54, 1.807) is 25.3 Å². The van der Waals surface area contributed by atoms with Crippen molar-refractivity contribution in [1.29, 1.82) is 0 Å². The number of methoxy groups -OCH3 is 1. The number of nitrogens with one attached hydrogen (secondary N) is 1. The van der Waals surface area contributed by atoms with Crippen LogP contribution in [0.1, 0.15) is 12.3 Å². The number of carbonyl (C=O) groups is 1. The third kappa shape index (κ3) is 4.33. The normalized spacial score (nSPS) is 10.6. The zero-order chi connectivity index (χ0) is 18.5. The molecule has 0 bridgehead atoms. The molecule has 6 nitrogen and oxygen atoms in total. The molecule has 0 fully saturated rings. The SMILES string of the molecule is COc1ccccc1-c1nnc(CCC(=O)Nc2ccc(Cl)c(Cl)c2)o1. The van der Waals surface area contributed by atoms with Gasteiger partial charge in [-0.25, -0.2) is 0 Å². The van der Waals surface area contributed by atoms with Crippen LogP contribution in [-0.4, -0.2) is 23.2 Å². The van der Waals surface area contributed by atoms with Crippen LogP contribution in [0.4, 0.5) is 5.69 Å². The number of aryl methyl sites for hydroxylation is 1. The molecule has 0 radical (unpaired) electrons. The Morgan fingerprint density at radius 3 is 2.73 bits per heavy atom. The van der Waals surface area contributed by atoms with Gasteiger partial charge < -0.3 is 14.5 Å². The zero-order valence-corrected chi connectivity index (χ0v) is 15.3. The van der Waals surface area contributed by atoms with E-state index in [-0.39, 0.29) is 12.3 Å². The van der Waals surface area contributed by atoms with Crippen molar-refractivity contribution in [3.63, 3.8) is 0 Å². The fourth-order valence-electron chi connectivity index (χ4n) is 2.30. The molecule has 1 N–H and O–H groups in total. The van der Waals surface area contributed by atoms with Crippen molar-refractivity contribution in [2.75, 3.05) is 12.4 Å². The van der Waals surface area contributed by atoms with Gasteiger partial charge in [-0.1, -0.05) is 35.3 Å². The van der Waals surface area contributed by atoms with E-state index in [4.69, 9.17) is 32.4 Å². The Bertz CT molecular complexity index is 928.